The minimum absolute atomic E-state index is 0.164. The van der Waals surface area contributed by atoms with E-state index < -0.39 is 0 Å². The third kappa shape index (κ3) is 1.20. The van der Waals surface area contributed by atoms with Crippen LogP contribution in [0.25, 0.3) is 0 Å². The maximum Gasteiger partial charge on any atom is 0.330 e. The molecule has 1 aromatic carbocycles. The number of fused-ring (bicyclic) bond motifs is 8. The predicted octanol–water partition coefficient (Wildman–Crippen LogP) is 2.55. The topological polar surface area (TPSA) is 35.5 Å². The molecule has 0 amide bonds. The van der Waals surface area contributed by atoms with Gasteiger partial charge in [-0.25, -0.2) is 4.79 Å². The molecule has 2 heterocycles. The highest BCUT2D eigenvalue weighted by Gasteiger charge is 2.65. The first-order valence-electron chi connectivity index (χ1n) is 6.43. The fourth-order valence-corrected chi connectivity index (χ4v) is 3.45. The van der Waals surface area contributed by atoms with Crippen molar-refractivity contribution in [2.24, 2.45) is 11.8 Å². The Kier molecular flexibility index (Phi) is 1.98. The summed E-state index contributed by atoms with van der Waals surface area (Å²) in [4.78, 5) is 11.5. The molecule has 2 fully saturated rings. The van der Waals surface area contributed by atoms with Gasteiger partial charge in [-0.3, -0.25) is 0 Å². The SMILES string of the molecule is CCOC(=O)C=C1C2C3OC(c4ccccc43)C12. The lowest BCUT2D eigenvalue weighted by Gasteiger charge is -2.08. The average molecular weight is 242 g/mol. The average Bonchev–Trinajstić information content (AvgIpc) is 2.82. The lowest BCUT2D eigenvalue weighted by molar-refractivity contribution is -0.137. The van der Waals surface area contributed by atoms with E-state index in [9.17, 15) is 4.79 Å². The van der Waals surface area contributed by atoms with Crippen molar-refractivity contribution >= 4 is 5.97 Å². The van der Waals surface area contributed by atoms with E-state index in [4.69, 9.17) is 9.47 Å². The first-order valence-corrected chi connectivity index (χ1v) is 6.43. The fraction of sp³-hybridized carbons (Fsp3) is 0.400. The van der Waals surface area contributed by atoms with Crippen molar-refractivity contribution in [3.05, 3.63) is 47.0 Å². The quantitative estimate of drug-likeness (QED) is 0.590. The predicted molar refractivity (Wildman–Crippen MR) is 64.7 cm³/mol. The smallest absolute Gasteiger partial charge is 0.330 e. The Morgan fingerprint density at radius 1 is 1.28 bits per heavy atom. The molecular weight excluding hydrogens is 228 g/mol. The van der Waals surface area contributed by atoms with Crippen molar-refractivity contribution < 1.29 is 14.3 Å². The summed E-state index contributed by atoms with van der Waals surface area (Å²) in [5.74, 6) is 0.606. The van der Waals surface area contributed by atoms with Crippen molar-refractivity contribution in [1.29, 1.82) is 0 Å². The lowest BCUT2D eigenvalue weighted by atomic mass is 9.92. The number of ether oxygens (including phenoxy) is 2. The summed E-state index contributed by atoms with van der Waals surface area (Å²) in [5, 5.41) is 0. The van der Waals surface area contributed by atoms with E-state index >= 15 is 0 Å². The molecule has 1 aliphatic carbocycles. The Labute approximate surface area is 105 Å². The van der Waals surface area contributed by atoms with Crippen LogP contribution in [0.3, 0.4) is 0 Å². The summed E-state index contributed by atoms with van der Waals surface area (Å²) in [7, 11) is 0. The Morgan fingerprint density at radius 3 is 2.44 bits per heavy atom. The zero-order chi connectivity index (χ0) is 12.3. The molecule has 1 aromatic rings. The standard InChI is InChI=1S/C15H14O3/c1-2-17-11(16)7-10-12-13(10)15-9-6-4-3-5-8(9)14(12)18-15/h3-7,12-15H,2H2,1H3. The molecule has 2 aliphatic heterocycles. The van der Waals surface area contributed by atoms with Gasteiger partial charge in [0.15, 0.2) is 0 Å². The van der Waals surface area contributed by atoms with E-state index in [0.29, 0.717) is 18.4 Å². The van der Waals surface area contributed by atoms with Gasteiger partial charge in [0.05, 0.1) is 18.8 Å². The first-order chi connectivity index (χ1) is 8.81. The number of carbonyl (C=O) groups is 1. The molecule has 4 atom stereocenters. The fourth-order valence-electron chi connectivity index (χ4n) is 3.45. The molecule has 4 rings (SSSR count). The highest BCUT2D eigenvalue weighted by molar-refractivity contribution is 5.84. The lowest BCUT2D eigenvalue weighted by Crippen LogP contribution is -2.01. The van der Waals surface area contributed by atoms with Gasteiger partial charge < -0.3 is 9.47 Å². The van der Waals surface area contributed by atoms with Crippen LogP contribution in [0.2, 0.25) is 0 Å². The molecule has 1 saturated carbocycles. The molecule has 3 aliphatic rings. The number of rotatable bonds is 2. The van der Waals surface area contributed by atoms with Gasteiger partial charge in [-0.1, -0.05) is 24.3 Å². The van der Waals surface area contributed by atoms with Crippen LogP contribution in [0.1, 0.15) is 30.3 Å². The van der Waals surface area contributed by atoms with E-state index in [0.717, 1.165) is 0 Å². The van der Waals surface area contributed by atoms with Crippen LogP contribution in [0.5, 0.6) is 0 Å². The highest BCUT2D eigenvalue weighted by Crippen LogP contribution is 2.72. The van der Waals surface area contributed by atoms with E-state index in [1.54, 1.807) is 6.08 Å². The maximum atomic E-state index is 11.5. The molecule has 18 heavy (non-hydrogen) atoms. The van der Waals surface area contributed by atoms with Crippen LogP contribution in [0, 0.1) is 11.8 Å². The second kappa shape index (κ2) is 3.45. The number of benzene rings is 1. The van der Waals surface area contributed by atoms with Gasteiger partial charge in [0, 0.05) is 17.9 Å². The van der Waals surface area contributed by atoms with Gasteiger partial charge in [0.1, 0.15) is 0 Å². The monoisotopic (exact) mass is 242 g/mol. The van der Waals surface area contributed by atoms with Gasteiger partial charge in [-0.15, -0.1) is 0 Å². The largest absolute Gasteiger partial charge is 0.463 e. The van der Waals surface area contributed by atoms with Crippen molar-refractivity contribution in [2.45, 2.75) is 19.1 Å². The van der Waals surface area contributed by atoms with Crippen molar-refractivity contribution in [3.8, 4) is 0 Å². The second-order valence-electron chi connectivity index (χ2n) is 5.05. The molecule has 0 radical (unpaired) electrons. The molecule has 4 unspecified atom stereocenters. The van der Waals surface area contributed by atoms with Crippen LogP contribution in [0.15, 0.2) is 35.9 Å². The maximum absolute atomic E-state index is 11.5. The molecule has 0 N–H and O–H groups in total. The summed E-state index contributed by atoms with van der Waals surface area (Å²) >= 11 is 0. The normalized spacial score (nSPS) is 33.9. The Hall–Kier alpha value is -1.61. The van der Waals surface area contributed by atoms with Crippen molar-refractivity contribution in [1.82, 2.24) is 0 Å². The van der Waals surface area contributed by atoms with E-state index in [1.165, 1.54) is 16.7 Å². The van der Waals surface area contributed by atoms with Crippen molar-refractivity contribution in [2.75, 3.05) is 6.61 Å². The molecule has 2 bridgehead atoms. The summed E-state index contributed by atoms with van der Waals surface area (Å²) in [6.07, 6.45) is 2.00. The number of esters is 1. The van der Waals surface area contributed by atoms with Crippen LogP contribution in [0.4, 0.5) is 0 Å². The summed E-state index contributed by atoms with van der Waals surface area (Å²) < 4.78 is 11.0. The Bertz CT molecular complexity index is 524. The molecule has 92 valence electrons. The van der Waals surface area contributed by atoms with Crippen LogP contribution in [-0.4, -0.2) is 12.6 Å². The van der Waals surface area contributed by atoms with E-state index in [1.807, 2.05) is 6.92 Å². The molecular formula is C15H14O3. The van der Waals surface area contributed by atoms with Crippen LogP contribution < -0.4 is 0 Å². The zero-order valence-electron chi connectivity index (χ0n) is 10.1. The van der Waals surface area contributed by atoms with Gasteiger partial charge in [-0.2, -0.15) is 0 Å². The number of hydrogen-bond acceptors (Lipinski definition) is 3. The van der Waals surface area contributed by atoms with Crippen LogP contribution in [-0.2, 0) is 14.3 Å². The van der Waals surface area contributed by atoms with E-state index in [-0.39, 0.29) is 18.2 Å². The molecule has 1 saturated heterocycles. The minimum atomic E-state index is -0.217. The third-order valence-corrected chi connectivity index (χ3v) is 4.17. The van der Waals surface area contributed by atoms with Gasteiger partial charge in [0.2, 0.25) is 0 Å². The van der Waals surface area contributed by atoms with Crippen molar-refractivity contribution in [3.63, 3.8) is 0 Å². The molecule has 3 nitrogen and oxygen atoms in total. The number of hydrogen-bond donors (Lipinski definition) is 0. The third-order valence-electron chi connectivity index (χ3n) is 4.17. The summed E-state index contributed by atoms with van der Waals surface area (Å²) in [6, 6.07) is 8.37. The molecule has 0 spiro atoms. The summed E-state index contributed by atoms with van der Waals surface area (Å²) in [6.45, 7) is 2.26. The Morgan fingerprint density at radius 2 is 1.89 bits per heavy atom. The summed E-state index contributed by atoms with van der Waals surface area (Å²) in [5.41, 5.74) is 3.82. The number of carbonyl (C=O) groups excluding carboxylic acids is 1. The van der Waals surface area contributed by atoms with Crippen LogP contribution >= 0.6 is 0 Å². The Balaban J connectivity index is 1.64. The first kappa shape index (κ1) is 10.3. The molecule has 3 heteroatoms. The second-order valence-corrected chi connectivity index (χ2v) is 5.05. The van der Waals surface area contributed by atoms with Gasteiger partial charge >= 0.3 is 5.97 Å². The highest BCUT2D eigenvalue weighted by atomic mass is 16.5. The van der Waals surface area contributed by atoms with Gasteiger partial charge in [0.25, 0.3) is 0 Å². The van der Waals surface area contributed by atoms with E-state index in [2.05, 4.69) is 24.3 Å². The minimum Gasteiger partial charge on any atom is -0.463 e. The van der Waals surface area contributed by atoms with Gasteiger partial charge in [-0.05, 0) is 23.6 Å². The molecule has 0 aromatic heterocycles. The zero-order valence-corrected chi connectivity index (χ0v) is 10.1.